The monoisotopic (exact) mass is 257 g/mol. The van der Waals surface area contributed by atoms with Crippen LogP contribution >= 0.6 is 15.9 Å². The van der Waals surface area contributed by atoms with Crippen LogP contribution in [0.25, 0.3) is 0 Å². The van der Waals surface area contributed by atoms with Crippen LogP contribution in [0.4, 0.5) is 0 Å². The van der Waals surface area contributed by atoms with E-state index in [1.807, 2.05) is 12.1 Å². The van der Waals surface area contributed by atoms with E-state index in [9.17, 15) is 0 Å². The molecule has 0 saturated carbocycles. The molecule has 1 aromatic carbocycles. The average Bonchev–Trinajstić information content (AvgIpc) is 2.62. The van der Waals surface area contributed by atoms with E-state index in [2.05, 4.69) is 15.9 Å². The maximum atomic E-state index is 9.01. The lowest BCUT2D eigenvalue weighted by molar-refractivity contribution is 0.263. The van der Waals surface area contributed by atoms with Crippen molar-refractivity contribution in [3.05, 3.63) is 27.7 Å². The third-order valence-electron chi connectivity index (χ3n) is 2.37. The Bertz CT molecular complexity index is 354. The molecule has 2 rings (SSSR count). The van der Waals surface area contributed by atoms with Gasteiger partial charge in [0.1, 0.15) is 5.75 Å². The summed E-state index contributed by atoms with van der Waals surface area (Å²) in [4.78, 5) is 0. The maximum Gasteiger partial charge on any atom is 0.127 e. The van der Waals surface area contributed by atoms with Crippen LogP contribution in [0, 0.1) is 0 Å². The van der Waals surface area contributed by atoms with Crippen molar-refractivity contribution in [1.82, 2.24) is 0 Å². The topological polar surface area (TPSA) is 55.5 Å². The molecule has 0 fully saturated rings. The Kier molecular flexibility index (Phi) is 2.76. The Morgan fingerprint density at radius 3 is 3.07 bits per heavy atom. The van der Waals surface area contributed by atoms with Gasteiger partial charge in [0.15, 0.2) is 0 Å². The number of benzene rings is 1. The summed E-state index contributed by atoms with van der Waals surface area (Å²) in [7, 11) is 0. The second kappa shape index (κ2) is 3.88. The van der Waals surface area contributed by atoms with Crippen molar-refractivity contribution >= 4 is 15.9 Å². The molecular weight excluding hydrogens is 246 g/mol. The van der Waals surface area contributed by atoms with Crippen molar-refractivity contribution in [3.63, 3.8) is 0 Å². The van der Waals surface area contributed by atoms with Gasteiger partial charge >= 0.3 is 0 Å². The standard InChI is InChI=1S/C10H12BrNO2/c11-7-3-6-1-2-14-10(6)8(4-7)9(12)5-13/h3-4,9,13H,1-2,5,12H2. The van der Waals surface area contributed by atoms with Gasteiger partial charge in [0.2, 0.25) is 0 Å². The molecule has 0 spiro atoms. The van der Waals surface area contributed by atoms with Crippen LogP contribution in [0.15, 0.2) is 16.6 Å². The third kappa shape index (κ3) is 1.65. The van der Waals surface area contributed by atoms with E-state index in [-0.39, 0.29) is 12.6 Å². The van der Waals surface area contributed by atoms with Gasteiger partial charge in [-0.15, -0.1) is 0 Å². The molecule has 0 aliphatic carbocycles. The molecule has 0 saturated heterocycles. The smallest absolute Gasteiger partial charge is 0.127 e. The van der Waals surface area contributed by atoms with E-state index in [1.54, 1.807) is 0 Å². The molecule has 1 atom stereocenters. The SMILES string of the molecule is NC(CO)c1cc(Br)cc2c1OCC2. The van der Waals surface area contributed by atoms with Gasteiger partial charge in [-0.3, -0.25) is 0 Å². The Hall–Kier alpha value is -0.580. The van der Waals surface area contributed by atoms with E-state index in [0.29, 0.717) is 6.61 Å². The van der Waals surface area contributed by atoms with Gasteiger partial charge in [0.25, 0.3) is 0 Å². The van der Waals surface area contributed by atoms with Crippen LogP contribution in [0.2, 0.25) is 0 Å². The zero-order chi connectivity index (χ0) is 10.1. The summed E-state index contributed by atoms with van der Waals surface area (Å²) < 4.78 is 6.48. The summed E-state index contributed by atoms with van der Waals surface area (Å²) in [6.45, 7) is 0.642. The highest BCUT2D eigenvalue weighted by Gasteiger charge is 2.20. The molecule has 1 aromatic rings. The zero-order valence-electron chi connectivity index (χ0n) is 7.66. The van der Waals surface area contributed by atoms with Gasteiger partial charge in [-0.2, -0.15) is 0 Å². The van der Waals surface area contributed by atoms with Gasteiger partial charge in [-0.1, -0.05) is 15.9 Å². The predicted octanol–water partition coefficient (Wildman–Crippen LogP) is 1.38. The average molecular weight is 258 g/mol. The lowest BCUT2D eigenvalue weighted by atomic mass is 10.0. The zero-order valence-corrected chi connectivity index (χ0v) is 9.25. The van der Waals surface area contributed by atoms with Gasteiger partial charge in [-0.25, -0.2) is 0 Å². The number of aliphatic hydroxyl groups excluding tert-OH is 1. The number of ether oxygens (including phenoxy) is 1. The molecule has 14 heavy (non-hydrogen) atoms. The Morgan fingerprint density at radius 2 is 2.36 bits per heavy atom. The molecule has 1 unspecified atom stereocenters. The molecule has 0 radical (unpaired) electrons. The summed E-state index contributed by atoms with van der Waals surface area (Å²) in [5.74, 6) is 0.856. The first kappa shape index (κ1) is 9.96. The molecule has 0 amide bonds. The number of rotatable bonds is 2. The molecule has 1 heterocycles. The van der Waals surface area contributed by atoms with E-state index in [0.717, 1.165) is 22.2 Å². The molecule has 0 bridgehead atoms. The van der Waals surface area contributed by atoms with Crippen LogP contribution in [0.3, 0.4) is 0 Å². The maximum absolute atomic E-state index is 9.01. The fourth-order valence-corrected chi connectivity index (χ4v) is 2.19. The molecule has 3 N–H and O–H groups in total. The molecule has 3 nitrogen and oxygen atoms in total. The number of hydrogen-bond donors (Lipinski definition) is 2. The Balaban J connectivity index is 2.48. The van der Waals surface area contributed by atoms with Crippen molar-refractivity contribution in [2.45, 2.75) is 12.5 Å². The quantitative estimate of drug-likeness (QED) is 0.842. The van der Waals surface area contributed by atoms with Crippen molar-refractivity contribution in [2.75, 3.05) is 13.2 Å². The van der Waals surface area contributed by atoms with Crippen LogP contribution in [0.1, 0.15) is 17.2 Å². The lowest BCUT2D eigenvalue weighted by Crippen LogP contribution is -2.15. The van der Waals surface area contributed by atoms with Gasteiger partial charge in [-0.05, 0) is 17.7 Å². The molecule has 76 valence electrons. The number of hydrogen-bond acceptors (Lipinski definition) is 3. The third-order valence-corrected chi connectivity index (χ3v) is 2.83. The van der Waals surface area contributed by atoms with Crippen LogP contribution < -0.4 is 10.5 Å². The Labute approximate surface area is 91.0 Å². The van der Waals surface area contributed by atoms with Gasteiger partial charge in [0, 0.05) is 16.5 Å². The normalized spacial score (nSPS) is 16.2. The molecule has 1 aliphatic rings. The molecule has 0 aromatic heterocycles. The van der Waals surface area contributed by atoms with Crippen molar-refractivity contribution in [1.29, 1.82) is 0 Å². The number of halogens is 1. The van der Waals surface area contributed by atoms with E-state index in [4.69, 9.17) is 15.6 Å². The summed E-state index contributed by atoms with van der Waals surface area (Å²) in [5, 5.41) is 9.01. The van der Waals surface area contributed by atoms with Crippen LogP contribution in [-0.4, -0.2) is 18.3 Å². The highest BCUT2D eigenvalue weighted by atomic mass is 79.9. The second-order valence-corrected chi connectivity index (χ2v) is 4.29. The number of fused-ring (bicyclic) bond motifs is 1. The molecule has 4 heteroatoms. The Morgan fingerprint density at radius 1 is 1.57 bits per heavy atom. The summed E-state index contributed by atoms with van der Waals surface area (Å²) in [6, 6.07) is 3.58. The summed E-state index contributed by atoms with van der Waals surface area (Å²) in [6.07, 6.45) is 0.917. The minimum Gasteiger partial charge on any atom is -0.493 e. The highest BCUT2D eigenvalue weighted by Crippen LogP contribution is 2.35. The summed E-state index contributed by atoms with van der Waals surface area (Å²) in [5.41, 5.74) is 7.83. The predicted molar refractivity (Wildman–Crippen MR) is 57.4 cm³/mol. The van der Waals surface area contributed by atoms with Crippen molar-refractivity contribution in [2.24, 2.45) is 5.73 Å². The minimum absolute atomic E-state index is 0.0632. The fourth-order valence-electron chi connectivity index (χ4n) is 1.67. The summed E-state index contributed by atoms with van der Waals surface area (Å²) >= 11 is 3.42. The van der Waals surface area contributed by atoms with Gasteiger partial charge in [0.05, 0.1) is 19.3 Å². The number of nitrogens with two attached hydrogens (primary N) is 1. The van der Waals surface area contributed by atoms with Gasteiger partial charge < -0.3 is 15.6 Å². The largest absolute Gasteiger partial charge is 0.493 e. The van der Waals surface area contributed by atoms with Crippen molar-refractivity contribution in [3.8, 4) is 5.75 Å². The van der Waals surface area contributed by atoms with Crippen molar-refractivity contribution < 1.29 is 9.84 Å². The van der Waals surface area contributed by atoms with Crippen LogP contribution in [0.5, 0.6) is 5.75 Å². The molecular formula is C10H12BrNO2. The first-order chi connectivity index (χ1) is 6.72. The van der Waals surface area contributed by atoms with E-state index >= 15 is 0 Å². The first-order valence-electron chi connectivity index (χ1n) is 4.54. The van der Waals surface area contributed by atoms with E-state index in [1.165, 1.54) is 5.56 Å². The minimum atomic E-state index is -0.362. The fraction of sp³-hybridized carbons (Fsp3) is 0.400. The van der Waals surface area contributed by atoms with Crippen LogP contribution in [-0.2, 0) is 6.42 Å². The second-order valence-electron chi connectivity index (χ2n) is 3.37. The first-order valence-corrected chi connectivity index (χ1v) is 5.33. The highest BCUT2D eigenvalue weighted by molar-refractivity contribution is 9.10. The lowest BCUT2D eigenvalue weighted by Gasteiger charge is -2.13. The molecule has 1 aliphatic heterocycles. The number of aliphatic hydroxyl groups is 1. The van der Waals surface area contributed by atoms with E-state index < -0.39 is 0 Å².